The number of benzene rings is 9. The summed E-state index contributed by atoms with van der Waals surface area (Å²) in [5, 5.41) is 0. The molecule has 12 rings (SSSR count). The minimum absolute atomic E-state index is 0.634. The van der Waals surface area contributed by atoms with Crippen LogP contribution in [0.2, 0.25) is 0 Å². The van der Waals surface area contributed by atoms with Crippen LogP contribution in [0.15, 0.2) is 252 Å². The molecular formula is C62H40N4OS. The second-order valence-corrected chi connectivity index (χ2v) is 17.6. The highest BCUT2D eigenvalue weighted by atomic mass is 32.2. The number of para-hydroxylation sites is 1. The highest BCUT2D eigenvalue weighted by Crippen LogP contribution is 2.56. The molecule has 1 aliphatic heterocycles. The molecule has 0 bridgehead atoms. The number of fused-ring (bicyclic) bond motifs is 2. The van der Waals surface area contributed by atoms with Crippen molar-refractivity contribution in [3.05, 3.63) is 243 Å². The Morgan fingerprint density at radius 1 is 0.279 bits per heavy atom. The molecule has 0 amide bonds. The lowest BCUT2D eigenvalue weighted by molar-refractivity contribution is 0.457. The molecular weight excluding hydrogens is 849 g/mol. The molecule has 11 aromatic rings. The van der Waals surface area contributed by atoms with E-state index in [1.54, 1.807) is 11.8 Å². The molecule has 0 aliphatic carbocycles. The van der Waals surface area contributed by atoms with Gasteiger partial charge in [-0.1, -0.05) is 212 Å². The summed E-state index contributed by atoms with van der Waals surface area (Å²) >= 11 is 1.74. The molecule has 320 valence electrons. The van der Waals surface area contributed by atoms with Crippen LogP contribution in [0.25, 0.3) is 101 Å². The normalized spacial score (nSPS) is 11.6. The van der Waals surface area contributed by atoms with Gasteiger partial charge < -0.3 is 4.74 Å². The molecule has 0 saturated carbocycles. The Morgan fingerprint density at radius 2 is 0.662 bits per heavy atom. The average Bonchev–Trinajstić information content (AvgIpc) is 3.43. The van der Waals surface area contributed by atoms with Crippen molar-refractivity contribution in [1.29, 1.82) is 0 Å². The van der Waals surface area contributed by atoms with Crippen LogP contribution in [0, 0.1) is 0 Å². The molecule has 0 atom stereocenters. The largest absolute Gasteiger partial charge is 0.454 e. The van der Waals surface area contributed by atoms with Crippen molar-refractivity contribution in [1.82, 2.24) is 19.9 Å². The molecule has 9 aromatic carbocycles. The Hall–Kier alpha value is -8.71. The van der Waals surface area contributed by atoms with Crippen molar-refractivity contribution >= 4 is 11.8 Å². The van der Waals surface area contributed by atoms with Crippen molar-refractivity contribution in [2.75, 3.05) is 0 Å². The number of nitrogens with zero attached hydrogens (tertiary/aromatic N) is 4. The standard InChI is InChI=1S/C62H40N4OS/c1-7-21-41(22-8-1)47-35-36-48(60-59(47)67-57-33-19-20-34-58(57)68-60)50-37-49(42-23-9-2-10-24-42)51(55-39-53(43-25-11-3-12-26-43)63-61(65-55)45-29-15-5-16-30-45)38-52(50)56-40-54(44-27-13-4-14-28-44)64-62(66-56)46-31-17-6-18-32-46/h1-40H. The number of ether oxygens (including phenoxy) is 1. The molecule has 0 radical (unpaired) electrons. The molecule has 68 heavy (non-hydrogen) atoms. The fraction of sp³-hybridized carbons (Fsp3) is 0. The predicted molar refractivity (Wildman–Crippen MR) is 277 cm³/mol. The maximum absolute atomic E-state index is 6.98. The van der Waals surface area contributed by atoms with E-state index in [0.29, 0.717) is 11.6 Å². The highest BCUT2D eigenvalue weighted by molar-refractivity contribution is 7.99. The third-order valence-corrected chi connectivity index (χ3v) is 13.4. The first-order chi connectivity index (χ1) is 33.7. The number of hydrogen-bond acceptors (Lipinski definition) is 6. The molecule has 3 heterocycles. The monoisotopic (exact) mass is 888 g/mol. The first-order valence-corrected chi connectivity index (χ1v) is 23.4. The van der Waals surface area contributed by atoms with Gasteiger partial charge in [-0.25, -0.2) is 19.9 Å². The second-order valence-electron chi connectivity index (χ2n) is 16.5. The van der Waals surface area contributed by atoms with Crippen LogP contribution in [-0.4, -0.2) is 19.9 Å². The molecule has 0 spiro atoms. The van der Waals surface area contributed by atoms with Gasteiger partial charge in [0, 0.05) is 44.5 Å². The van der Waals surface area contributed by atoms with Gasteiger partial charge in [0.25, 0.3) is 0 Å². The summed E-state index contributed by atoms with van der Waals surface area (Å²) in [5.74, 6) is 2.93. The third kappa shape index (κ3) is 7.93. The van der Waals surface area contributed by atoms with Gasteiger partial charge in [0.1, 0.15) is 11.5 Å². The lowest BCUT2D eigenvalue weighted by Gasteiger charge is -2.26. The lowest BCUT2D eigenvalue weighted by atomic mass is 9.87. The van der Waals surface area contributed by atoms with Crippen LogP contribution in [0.4, 0.5) is 0 Å². The lowest BCUT2D eigenvalue weighted by Crippen LogP contribution is -2.02. The zero-order chi connectivity index (χ0) is 45.2. The molecule has 6 heteroatoms. The molecule has 1 aliphatic rings. The van der Waals surface area contributed by atoms with Crippen molar-refractivity contribution in [2.24, 2.45) is 0 Å². The predicted octanol–water partition coefficient (Wildman–Crippen LogP) is 16.5. The first-order valence-electron chi connectivity index (χ1n) is 22.6. The molecule has 5 nitrogen and oxygen atoms in total. The van der Waals surface area contributed by atoms with E-state index in [2.05, 4.69) is 176 Å². The Labute approximate surface area is 399 Å². The fourth-order valence-corrected chi connectivity index (χ4v) is 9.99. The highest BCUT2D eigenvalue weighted by Gasteiger charge is 2.28. The number of hydrogen-bond donors (Lipinski definition) is 0. The van der Waals surface area contributed by atoms with Gasteiger partial charge in [-0.15, -0.1) is 0 Å². The summed E-state index contributed by atoms with van der Waals surface area (Å²) in [6.07, 6.45) is 0. The topological polar surface area (TPSA) is 60.8 Å². The first kappa shape index (κ1) is 40.8. The van der Waals surface area contributed by atoms with E-state index in [1.807, 2.05) is 66.7 Å². The summed E-state index contributed by atoms with van der Waals surface area (Å²) in [4.78, 5) is 23.4. The maximum Gasteiger partial charge on any atom is 0.160 e. The molecule has 0 saturated heterocycles. The fourth-order valence-electron chi connectivity index (χ4n) is 8.88. The summed E-state index contributed by atoms with van der Waals surface area (Å²) in [7, 11) is 0. The van der Waals surface area contributed by atoms with Crippen LogP contribution in [0.3, 0.4) is 0 Å². The quantitative estimate of drug-likeness (QED) is 0.144. The Bertz CT molecular complexity index is 3480. The smallest absolute Gasteiger partial charge is 0.160 e. The summed E-state index contributed by atoms with van der Waals surface area (Å²) < 4.78 is 6.98. The van der Waals surface area contributed by atoms with Gasteiger partial charge in [-0.3, -0.25) is 0 Å². The van der Waals surface area contributed by atoms with Gasteiger partial charge in [-0.05, 0) is 64.7 Å². The van der Waals surface area contributed by atoms with E-state index in [4.69, 9.17) is 24.7 Å². The molecule has 0 N–H and O–H groups in total. The molecule has 2 aromatic heterocycles. The average molecular weight is 889 g/mol. The minimum atomic E-state index is 0.634. The van der Waals surface area contributed by atoms with Crippen LogP contribution in [0.1, 0.15) is 0 Å². The van der Waals surface area contributed by atoms with Crippen LogP contribution >= 0.6 is 11.8 Å². The number of aromatic nitrogens is 4. The van der Waals surface area contributed by atoms with Crippen LogP contribution in [-0.2, 0) is 0 Å². The van der Waals surface area contributed by atoms with E-state index in [9.17, 15) is 0 Å². The van der Waals surface area contributed by atoms with Gasteiger partial charge in [0.15, 0.2) is 11.6 Å². The van der Waals surface area contributed by atoms with Gasteiger partial charge in [0.2, 0.25) is 0 Å². The number of rotatable bonds is 9. The van der Waals surface area contributed by atoms with Crippen molar-refractivity contribution in [2.45, 2.75) is 9.79 Å². The van der Waals surface area contributed by atoms with Crippen LogP contribution < -0.4 is 4.74 Å². The Kier molecular flexibility index (Phi) is 10.8. The van der Waals surface area contributed by atoms with E-state index in [0.717, 1.165) is 111 Å². The zero-order valence-electron chi connectivity index (χ0n) is 36.7. The van der Waals surface area contributed by atoms with Gasteiger partial charge in [-0.2, -0.15) is 0 Å². The van der Waals surface area contributed by atoms with E-state index in [1.165, 1.54) is 0 Å². The summed E-state index contributed by atoms with van der Waals surface area (Å²) in [6.45, 7) is 0. The van der Waals surface area contributed by atoms with Crippen LogP contribution in [0.5, 0.6) is 11.5 Å². The SMILES string of the molecule is c1ccc(-c2cc(-c3cc(-c4cc(-c5ccccc5)nc(-c5ccccc5)n4)c(-c4ccc(-c5ccccc5)c5c4Sc4ccccc4O5)cc3-c3ccccc3)nc(-c3ccccc3)n2)cc1. The molecule has 0 fully saturated rings. The zero-order valence-corrected chi connectivity index (χ0v) is 37.5. The van der Waals surface area contributed by atoms with Gasteiger partial charge >= 0.3 is 0 Å². The third-order valence-electron chi connectivity index (χ3n) is 12.2. The maximum atomic E-state index is 6.98. The minimum Gasteiger partial charge on any atom is -0.454 e. The second kappa shape index (κ2) is 17.9. The van der Waals surface area contributed by atoms with E-state index >= 15 is 0 Å². The van der Waals surface area contributed by atoms with Crippen molar-refractivity contribution in [3.63, 3.8) is 0 Å². The van der Waals surface area contributed by atoms with Crippen molar-refractivity contribution < 1.29 is 4.74 Å². The van der Waals surface area contributed by atoms with Gasteiger partial charge in [0.05, 0.1) is 32.6 Å². The summed E-state index contributed by atoms with van der Waals surface area (Å²) in [5.41, 5.74) is 15.1. The van der Waals surface area contributed by atoms with E-state index in [-0.39, 0.29) is 0 Å². The molecule has 0 unspecified atom stereocenters. The van der Waals surface area contributed by atoms with Crippen molar-refractivity contribution in [3.8, 4) is 113 Å². The van der Waals surface area contributed by atoms with E-state index < -0.39 is 0 Å². The Morgan fingerprint density at radius 3 is 1.18 bits per heavy atom. The Balaban J connectivity index is 1.19. The summed E-state index contributed by atoms with van der Waals surface area (Å²) in [6, 6.07) is 83.8.